The van der Waals surface area contributed by atoms with Crippen LogP contribution < -0.4 is 10.6 Å². The lowest BCUT2D eigenvalue weighted by Crippen LogP contribution is -2.52. The number of rotatable bonds is 4. The maximum Gasteiger partial charge on any atom is 0.335 e. The molecule has 0 bridgehead atoms. The molecule has 3 heterocycles. The van der Waals surface area contributed by atoms with E-state index in [1.54, 1.807) is 0 Å². The van der Waals surface area contributed by atoms with E-state index in [0.717, 1.165) is 42.8 Å². The van der Waals surface area contributed by atoms with E-state index in [0.29, 0.717) is 13.0 Å². The molecule has 0 amide bonds. The molecule has 2 saturated heterocycles. The van der Waals surface area contributed by atoms with Gasteiger partial charge in [0.2, 0.25) is 0 Å². The summed E-state index contributed by atoms with van der Waals surface area (Å²) in [5, 5.41) is 7.40. The highest BCUT2D eigenvalue weighted by Gasteiger charge is 2.60. The van der Waals surface area contributed by atoms with Gasteiger partial charge >= 0.3 is 5.97 Å². The molecule has 6 nitrogen and oxygen atoms in total. The van der Waals surface area contributed by atoms with Crippen molar-refractivity contribution in [3.63, 3.8) is 0 Å². The molecule has 4 atom stereocenters. The third kappa shape index (κ3) is 2.77. The molecule has 1 spiro atoms. The average molecular weight is 413 g/mol. The van der Waals surface area contributed by atoms with Crippen molar-refractivity contribution in [2.24, 2.45) is 5.92 Å². The Morgan fingerprint density at radius 1 is 1.30 bits per heavy atom. The summed E-state index contributed by atoms with van der Waals surface area (Å²) in [4.78, 5) is 12.9. The summed E-state index contributed by atoms with van der Waals surface area (Å²) < 4.78 is 17.6. The predicted molar refractivity (Wildman–Crippen MR) is 114 cm³/mol. The first kappa shape index (κ1) is 20.0. The van der Waals surface area contributed by atoms with Crippen LogP contribution in [0.2, 0.25) is 0 Å². The lowest BCUT2D eigenvalue weighted by molar-refractivity contribution is -0.166. The van der Waals surface area contributed by atoms with Crippen molar-refractivity contribution < 1.29 is 19.0 Å². The molecule has 5 rings (SSSR count). The van der Waals surface area contributed by atoms with Crippen LogP contribution in [0.5, 0.6) is 0 Å². The fourth-order valence-corrected chi connectivity index (χ4v) is 6.38. The van der Waals surface area contributed by atoms with Gasteiger partial charge in [-0.3, -0.25) is 0 Å². The smallest absolute Gasteiger partial charge is 0.335 e. The van der Waals surface area contributed by atoms with Gasteiger partial charge in [-0.15, -0.1) is 0 Å². The minimum absolute atomic E-state index is 0.215. The number of carbonyl (C=O) groups is 1. The van der Waals surface area contributed by atoms with E-state index in [-0.39, 0.29) is 28.9 Å². The fraction of sp³-hybridized carbons (Fsp3) is 0.625. The third-order valence-electron chi connectivity index (χ3n) is 7.62. The highest BCUT2D eigenvalue weighted by Crippen LogP contribution is 2.58. The van der Waals surface area contributed by atoms with Gasteiger partial charge in [-0.1, -0.05) is 25.1 Å². The van der Waals surface area contributed by atoms with Crippen LogP contribution in [0.25, 0.3) is 0 Å². The molecule has 3 aliphatic heterocycles. The number of benzene rings is 1. The van der Waals surface area contributed by atoms with E-state index in [1.165, 1.54) is 12.7 Å². The topological polar surface area (TPSA) is 68.8 Å². The minimum atomic E-state index is -0.570. The third-order valence-corrected chi connectivity index (χ3v) is 7.62. The second-order valence-electron chi connectivity index (χ2n) is 9.66. The van der Waals surface area contributed by atoms with E-state index in [1.807, 2.05) is 19.9 Å². The zero-order chi connectivity index (χ0) is 21.1. The maximum atomic E-state index is 12.9. The van der Waals surface area contributed by atoms with Gasteiger partial charge in [0.1, 0.15) is 0 Å². The monoisotopic (exact) mass is 412 g/mol. The first-order valence-corrected chi connectivity index (χ1v) is 11.1. The van der Waals surface area contributed by atoms with Crippen molar-refractivity contribution in [2.75, 3.05) is 25.6 Å². The van der Waals surface area contributed by atoms with Gasteiger partial charge in [-0.2, -0.15) is 0 Å². The van der Waals surface area contributed by atoms with Gasteiger partial charge < -0.3 is 24.8 Å². The number of methoxy groups -OCH3 is 1. The summed E-state index contributed by atoms with van der Waals surface area (Å²) in [5.41, 5.74) is 3.67. The molecule has 2 N–H and O–H groups in total. The molecule has 0 aromatic heterocycles. The Morgan fingerprint density at radius 3 is 2.80 bits per heavy atom. The number of para-hydroxylation sites is 1. The predicted octanol–water partition coefficient (Wildman–Crippen LogP) is 3.48. The van der Waals surface area contributed by atoms with Crippen molar-refractivity contribution in [3.05, 3.63) is 41.1 Å². The number of nitrogens with one attached hydrogen (secondary N) is 2. The summed E-state index contributed by atoms with van der Waals surface area (Å²) in [5.74, 6) is -0.552. The molecule has 1 aliphatic carbocycles. The summed E-state index contributed by atoms with van der Waals surface area (Å²) in [7, 11) is 1.47. The van der Waals surface area contributed by atoms with Gasteiger partial charge in [-0.05, 0) is 63.6 Å². The van der Waals surface area contributed by atoms with Gasteiger partial charge in [-0.25, -0.2) is 4.79 Å². The normalized spacial score (nSPS) is 36.1. The second kappa shape index (κ2) is 6.81. The molecular formula is C24H32N2O4. The first-order valence-electron chi connectivity index (χ1n) is 11.1. The number of esters is 1. The summed E-state index contributed by atoms with van der Waals surface area (Å²) in [6.07, 6.45) is 3.37. The van der Waals surface area contributed by atoms with Crippen LogP contribution >= 0.6 is 0 Å². The van der Waals surface area contributed by atoms with E-state index >= 15 is 0 Å². The van der Waals surface area contributed by atoms with Crippen LogP contribution in [-0.4, -0.2) is 43.7 Å². The van der Waals surface area contributed by atoms with E-state index in [4.69, 9.17) is 14.2 Å². The maximum absolute atomic E-state index is 12.9. The van der Waals surface area contributed by atoms with Crippen LogP contribution in [0.15, 0.2) is 35.5 Å². The average Bonchev–Trinajstić information content (AvgIpc) is 3.41. The quantitative estimate of drug-likeness (QED) is 0.738. The minimum Gasteiger partial charge on any atom is -0.466 e. The number of anilines is 1. The van der Waals surface area contributed by atoms with Crippen molar-refractivity contribution in [2.45, 2.75) is 69.3 Å². The van der Waals surface area contributed by atoms with E-state index < -0.39 is 5.79 Å². The Balaban J connectivity index is 1.59. The standard InChI is InChI=1S/C24H32N2O4/c1-5-23(14-29-22(2,3)30-23)13-15-12-16(21(27)28-4)20-24(10-11-25-19(15)24)17-8-6-7-9-18(17)26-20/h6-9,15,19,25-26H,5,10-14H2,1-4H3/t15-,19+,23-,24-/m0/s1. The molecule has 4 aliphatic rings. The lowest BCUT2D eigenvalue weighted by atomic mass is 9.61. The summed E-state index contributed by atoms with van der Waals surface area (Å²) in [6, 6.07) is 8.70. The Labute approximate surface area is 178 Å². The number of carbonyl (C=O) groups excluding carboxylic acids is 1. The zero-order valence-corrected chi connectivity index (χ0v) is 18.3. The molecule has 1 aromatic rings. The molecule has 162 valence electrons. The Hall–Kier alpha value is -1.89. The summed E-state index contributed by atoms with van der Waals surface area (Å²) in [6.45, 7) is 7.65. The molecule has 1 aromatic carbocycles. The van der Waals surface area contributed by atoms with Gasteiger partial charge in [0.05, 0.1) is 30.3 Å². The van der Waals surface area contributed by atoms with Crippen LogP contribution in [0.4, 0.5) is 5.69 Å². The van der Waals surface area contributed by atoms with E-state index in [2.05, 4.69) is 35.8 Å². The van der Waals surface area contributed by atoms with Crippen LogP contribution in [0.3, 0.4) is 0 Å². The van der Waals surface area contributed by atoms with Crippen LogP contribution in [0, 0.1) is 5.92 Å². The Morgan fingerprint density at radius 2 is 2.10 bits per heavy atom. The van der Waals surface area contributed by atoms with Crippen molar-refractivity contribution in [1.82, 2.24) is 5.32 Å². The lowest BCUT2D eigenvalue weighted by Gasteiger charge is -2.45. The Bertz CT molecular complexity index is 910. The SMILES string of the molecule is CC[C@]1(C[C@@H]2CC(C(=O)OC)=C3Nc4ccccc4[C@]34CCN[C@H]24)COC(C)(C)O1. The van der Waals surface area contributed by atoms with Crippen molar-refractivity contribution in [3.8, 4) is 0 Å². The molecule has 0 saturated carbocycles. The first-order chi connectivity index (χ1) is 14.3. The number of fused-ring (bicyclic) bond motifs is 1. The number of hydrogen-bond acceptors (Lipinski definition) is 6. The number of hydrogen-bond donors (Lipinski definition) is 2. The highest BCUT2D eigenvalue weighted by atomic mass is 16.8. The largest absolute Gasteiger partial charge is 0.466 e. The van der Waals surface area contributed by atoms with E-state index in [9.17, 15) is 4.79 Å². The molecule has 2 fully saturated rings. The molecule has 6 heteroatoms. The summed E-state index contributed by atoms with van der Waals surface area (Å²) >= 11 is 0. The number of ether oxygens (including phenoxy) is 3. The van der Waals surface area contributed by atoms with Crippen LogP contribution in [0.1, 0.15) is 52.0 Å². The zero-order valence-electron chi connectivity index (χ0n) is 18.3. The van der Waals surface area contributed by atoms with Crippen molar-refractivity contribution >= 4 is 11.7 Å². The molecule has 0 radical (unpaired) electrons. The van der Waals surface area contributed by atoms with Gasteiger partial charge in [0.25, 0.3) is 0 Å². The second-order valence-corrected chi connectivity index (χ2v) is 9.66. The van der Waals surface area contributed by atoms with Gasteiger partial charge in [0.15, 0.2) is 5.79 Å². The Kier molecular flexibility index (Phi) is 4.55. The van der Waals surface area contributed by atoms with Gasteiger partial charge in [0, 0.05) is 17.4 Å². The molecule has 30 heavy (non-hydrogen) atoms. The van der Waals surface area contributed by atoms with Crippen LogP contribution in [-0.2, 0) is 24.4 Å². The van der Waals surface area contributed by atoms with Crippen molar-refractivity contribution in [1.29, 1.82) is 0 Å². The highest BCUT2D eigenvalue weighted by molar-refractivity contribution is 5.93. The molecule has 0 unspecified atom stereocenters. The fourth-order valence-electron chi connectivity index (χ4n) is 6.38. The molecular weight excluding hydrogens is 380 g/mol.